The molecule has 4 rings (SSSR count). The third-order valence-corrected chi connectivity index (χ3v) is 8.11. The molecule has 0 fully saturated rings. The van der Waals surface area contributed by atoms with Crippen LogP contribution in [0, 0.1) is 20.8 Å². The van der Waals surface area contributed by atoms with Gasteiger partial charge in [-0.1, -0.05) is 36.8 Å². The molecule has 36 heavy (non-hydrogen) atoms. The Balaban J connectivity index is 1.64. The van der Waals surface area contributed by atoms with Gasteiger partial charge in [0.1, 0.15) is 11.3 Å². The van der Waals surface area contributed by atoms with Crippen molar-refractivity contribution in [1.82, 2.24) is 18.8 Å². The van der Waals surface area contributed by atoms with Gasteiger partial charge < -0.3 is 5.11 Å². The highest BCUT2D eigenvalue weighted by molar-refractivity contribution is 7.89. The summed E-state index contributed by atoms with van der Waals surface area (Å²) in [6, 6.07) is 15.0. The van der Waals surface area contributed by atoms with Crippen molar-refractivity contribution in [2.45, 2.75) is 58.4 Å². The van der Waals surface area contributed by atoms with Crippen LogP contribution in [0.3, 0.4) is 0 Å². The molecule has 2 aromatic heterocycles. The fraction of sp³-hybridized carbons (Fsp3) is 0.296. The molecule has 0 aliphatic heterocycles. The molecule has 0 aliphatic carbocycles. The minimum absolute atomic E-state index is 0.0464. The first kappa shape index (κ1) is 25.4. The van der Waals surface area contributed by atoms with Crippen LogP contribution in [0.25, 0.3) is 16.9 Å². The van der Waals surface area contributed by atoms with Crippen molar-refractivity contribution in [3.63, 3.8) is 0 Å². The Morgan fingerprint density at radius 1 is 1.03 bits per heavy atom. The van der Waals surface area contributed by atoms with Gasteiger partial charge in [-0.2, -0.15) is 4.31 Å². The third-order valence-electron chi connectivity index (χ3n) is 6.21. The van der Waals surface area contributed by atoms with Crippen LogP contribution in [-0.4, -0.2) is 44.5 Å². The minimum atomic E-state index is -4.21. The van der Waals surface area contributed by atoms with E-state index >= 15 is 0 Å². The van der Waals surface area contributed by atoms with Crippen molar-refractivity contribution < 1.29 is 18.3 Å². The number of carbonyl (C=O) groups is 1. The molecule has 188 valence electrons. The van der Waals surface area contributed by atoms with Gasteiger partial charge in [0.05, 0.1) is 10.9 Å². The third kappa shape index (κ3) is 4.70. The summed E-state index contributed by atoms with van der Waals surface area (Å²) < 4.78 is 28.8. The van der Waals surface area contributed by atoms with E-state index in [4.69, 9.17) is 9.97 Å². The Labute approximate surface area is 211 Å². The van der Waals surface area contributed by atoms with E-state index in [-0.39, 0.29) is 11.3 Å². The van der Waals surface area contributed by atoms with Gasteiger partial charge in [-0.3, -0.25) is 4.57 Å². The van der Waals surface area contributed by atoms with Crippen LogP contribution < -0.4 is 0 Å². The number of aromatic nitrogens is 3. The van der Waals surface area contributed by atoms with E-state index in [2.05, 4.69) is 0 Å². The number of aryl methyl sites for hydroxylation is 4. The quantitative estimate of drug-likeness (QED) is 0.369. The van der Waals surface area contributed by atoms with Crippen LogP contribution in [0.4, 0.5) is 4.79 Å². The number of hydrogen-bond acceptors (Lipinski definition) is 5. The lowest BCUT2D eigenvalue weighted by Gasteiger charge is -2.26. The summed E-state index contributed by atoms with van der Waals surface area (Å²) in [5.74, 6) is 0.897. The first-order valence-corrected chi connectivity index (χ1v) is 13.3. The molecule has 2 aromatic carbocycles. The topological polar surface area (TPSA) is 105 Å². The molecule has 1 atom stereocenters. The zero-order chi connectivity index (χ0) is 26.2. The molecule has 0 bridgehead atoms. The first-order valence-electron chi connectivity index (χ1n) is 11.8. The van der Waals surface area contributed by atoms with Crippen LogP contribution in [-0.2, 0) is 22.9 Å². The standard InChI is InChI=1S/C27H30N4O4S/c1-6-24-29-25-18(3)15-19(4)28-26(25)30(24)22-11-9-21(10-12-22)16-20(5)31(27(32)33)36(34,35)23-13-7-17(2)8-14-23/h7-15,20H,6,16H2,1-5H3,(H,32,33)/t20-/m0/s1. The Kier molecular flexibility index (Phi) is 6.86. The van der Waals surface area contributed by atoms with E-state index in [0.29, 0.717) is 4.31 Å². The van der Waals surface area contributed by atoms with E-state index in [1.165, 1.54) is 12.1 Å². The summed E-state index contributed by atoms with van der Waals surface area (Å²) in [5, 5.41) is 9.77. The number of benzene rings is 2. The van der Waals surface area contributed by atoms with Gasteiger partial charge in [0, 0.05) is 17.8 Å². The number of hydrogen-bond donors (Lipinski definition) is 1. The summed E-state index contributed by atoms with van der Waals surface area (Å²) in [4.78, 5) is 21.5. The lowest BCUT2D eigenvalue weighted by Crippen LogP contribution is -2.43. The highest BCUT2D eigenvalue weighted by atomic mass is 32.2. The smallest absolute Gasteiger partial charge is 0.421 e. The Morgan fingerprint density at radius 3 is 2.25 bits per heavy atom. The fourth-order valence-electron chi connectivity index (χ4n) is 4.47. The number of nitrogens with zero attached hydrogens (tertiary/aromatic N) is 4. The van der Waals surface area contributed by atoms with Crippen LogP contribution in [0.5, 0.6) is 0 Å². The molecule has 0 spiro atoms. The lowest BCUT2D eigenvalue weighted by atomic mass is 10.1. The molecule has 0 saturated heterocycles. The molecular formula is C27H30N4O4S. The fourth-order valence-corrected chi connectivity index (χ4v) is 5.93. The van der Waals surface area contributed by atoms with Crippen molar-refractivity contribution in [1.29, 1.82) is 0 Å². The average molecular weight is 507 g/mol. The molecular weight excluding hydrogens is 476 g/mol. The molecule has 1 N–H and O–H groups in total. The molecule has 0 saturated carbocycles. The van der Waals surface area contributed by atoms with Gasteiger partial charge in [-0.15, -0.1) is 0 Å². The van der Waals surface area contributed by atoms with Gasteiger partial charge in [-0.25, -0.2) is 23.2 Å². The summed E-state index contributed by atoms with van der Waals surface area (Å²) in [6.45, 7) is 9.47. The van der Waals surface area contributed by atoms with Gasteiger partial charge in [0.2, 0.25) is 0 Å². The zero-order valence-corrected chi connectivity index (χ0v) is 21.9. The monoisotopic (exact) mass is 506 g/mol. The lowest BCUT2D eigenvalue weighted by molar-refractivity contribution is 0.162. The molecule has 4 aromatic rings. The second-order valence-corrected chi connectivity index (χ2v) is 10.9. The van der Waals surface area contributed by atoms with Crippen molar-refractivity contribution >= 4 is 27.3 Å². The second-order valence-electron chi connectivity index (χ2n) is 9.09. The van der Waals surface area contributed by atoms with Crippen molar-refractivity contribution in [2.24, 2.45) is 0 Å². The number of amides is 1. The maximum absolute atomic E-state index is 13.1. The van der Waals surface area contributed by atoms with Crippen molar-refractivity contribution in [3.05, 3.63) is 82.8 Å². The molecule has 8 nitrogen and oxygen atoms in total. The highest BCUT2D eigenvalue weighted by Gasteiger charge is 2.33. The maximum atomic E-state index is 13.1. The molecule has 9 heteroatoms. The average Bonchev–Trinajstić information content (AvgIpc) is 3.18. The predicted molar refractivity (Wildman–Crippen MR) is 139 cm³/mol. The normalized spacial score (nSPS) is 12.6. The van der Waals surface area contributed by atoms with Crippen molar-refractivity contribution in [3.8, 4) is 5.69 Å². The number of rotatable bonds is 7. The summed E-state index contributed by atoms with van der Waals surface area (Å²) in [7, 11) is -4.21. The van der Waals surface area contributed by atoms with E-state index in [1.54, 1.807) is 19.1 Å². The summed E-state index contributed by atoms with van der Waals surface area (Å²) >= 11 is 0. The molecule has 1 amide bonds. The Morgan fingerprint density at radius 2 is 1.67 bits per heavy atom. The summed E-state index contributed by atoms with van der Waals surface area (Å²) in [6.07, 6.45) is -0.536. The van der Waals surface area contributed by atoms with Gasteiger partial charge >= 0.3 is 6.09 Å². The number of imidazole rings is 1. The maximum Gasteiger partial charge on any atom is 0.421 e. The van der Waals surface area contributed by atoms with E-state index in [1.807, 2.05) is 62.6 Å². The molecule has 0 unspecified atom stereocenters. The Bertz CT molecular complexity index is 1530. The second kappa shape index (κ2) is 9.73. The van der Waals surface area contributed by atoms with Gasteiger partial charge in [-0.05, 0) is 75.6 Å². The van der Waals surface area contributed by atoms with Gasteiger partial charge in [0.15, 0.2) is 5.65 Å². The first-order chi connectivity index (χ1) is 17.0. The summed E-state index contributed by atoms with van der Waals surface area (Å²) in [5.41, 5.74) is 6.25. The number of carboxylic acid groups (broad SMARTS) is 1. The number of fused-ring (bicyclic) bond motifs is 1. The molecule has 0 radical (unpaired) electrons. The van der Waals surface area contributed by atoms with E-state index < -0.39 is 22.2 Å². The van der Waals surface area contributed by atoms with E-state index in [9.17, 15) is 18.3 Å². The predicted octanol–water partition coefficient (Wildman–Crippen LogP) is 5.21. The largest absolute Gasteiger partial charge is 0.464 e. The van der Waals surface area contributed by atoms with Crippen molar-refractivity contribution in [2.75, 3.05) is 0 Å². The van der Waals surface area contributed by atoms with Crippen LogP contribution in [0.2, 0.25) is 0 Å². The van der Waals surface area contributed by atoms with Gasteiger partial charge in [0.25, 0.3) is 10.0 Å². The van der Waals surface area contributed by atoms with Crippen LogP contribution in [0.1, 0.15) is 42.1 Å². The van der Waals surface area contributed by atoms with Crippen LogP contribution in [0.15, 0.2) is 59.5 Å². The molecule has 0 aliphatic rings. The molecule has 2 heterocycles. The Hall–Kier alpha value is -3.72. The number of pyridine rings is 1. The number of sulfonamides is 1. The SMILES string of the molecule is CCc1nc2c(C)cc(C)nc2n1-c1ccc(C[C@H](C)N(C(=O)O)S(=O)(=O)c2ccc(C)cc2)cc1. The highest BCUT2D eigenvalue weighted by Crippen LogP contribution is 2.25. The zero-order valence-electron chi connectivity index (χ0n) is 21.1. The minimum Gasteiger partial charge on any atom is -0.464 e. The van der Waals surface area contributed by atoms with E-state index in [0.717, 1.165) is 51.5 Å². The van der Waals surface area contributed by atoms with Crippen LogP contribution >= 0.6 is 0 Å².